The van der Waals surface area contributed by atoms with Crippen LogP contribution in [0.4, 0.5) is 0 Å². The monoisotopic (exact) mass is 516 g/mol. The van der Waals surface area contributed by atoms with Crippen molar-refractivity contribution in [3.05, 3.63) is 63.6 Å². The van der Waals surface area contributed by atoms with E-state index in [1.807, 2.05) is 56.3 Å². The average molecular weight is 518 g/mol. The van der Waals surface area contributed by atoms with Crippen LogP contribution in [0.3, 0.4) is 0 Å². The van der Waals surface area contributed by atoms with Gasteiger partial charge >= 0.3 is 0 Å². The second-order valence-electron chi connectivity index (χ2n) is 8.71. The highest BCUT2D eigenvalue weighted by molar-refractivity contribution is 9.10. The Hall–Kier alpha value is -2.34. The smallest absolute Gasteiger partial charge is 0.261 e. The summed E-state index contributed by atoms with van der Waals surface area (Å²) in [5.74, 6) is 0.685. The van der Waals surface area contributed by atoms with E-state index in [0.717, 1.165) is 28.4 Å². The minimum absolute atomic E-state index is 0.116. The highest BCUT2D eigenvalue weighted by Crippen LogP contribution is 2.29. The average Bonchev–Trinajstić information content (AvgIpc) is 2.78. The summed E-state index contributed by atoms with van der Waals surface area (Å²) in [6.45, 7) is 11.1. The van der Waals surface area contributed by atoms with Crippen LogP contribution in [0.25, 0.3) is 0 Å². The lowest BCUT2D eigenvalue weighted by atomic mass is 10.0. The summed E-state index contributed by atoms with van der Waals surface area (Å²) in [7, 11) is 0. The Kier molecular flexibility index (Phi) is 10.9. The lowest BCUT2D eigenvalue weighted by molar-refractivity contribution is -0.143. The summed E-state index contributed by atoms with van der Waals surface area (Å²) in [5.41, 5.74) is 3.30. The van der Waals surface area contributed by atoms with Crippen LogP contribution < -0.4 is 10.1 Å². The number of carbonyl (C=O) groups excluding carboxylic acids is 2. The van der Waals surface area contributed by atoms with E-state index in [4.69, 9.17) is 4.74 Å². The molecule has 0 saturated heterocycles. The van der Waals surface area contributed by atoms with Gasteiger partial charge in [0.25, 0.3) is 5.91 Å². The van der Waals surface area contributed by atoms with Gasteiger partial charge in [0.1, 0.15) is 11.8 Å². The first kappa shape index (κ1) is 26.9. The van der Waals surface area contributed by atoms with Gasteiger partial charge in [0.05, 0.1) is 4.47 Å². The standard InChI is InChI=1S/C27H37BrN2O3/c1-6-8-14-29-27(32)24(7-2)30(17-21-11-9-10-20(5)15-21)26(31)18-33-25-13-12-22(19(3)4)16-23(25)28/h9-13,15-16,19,24H,6-8,14,17-18H2,1-5H3,(H,29,32)/t24-/m0/s1. The van der Waals surface area contributed by atoms with Crippen LogP contribution in [0.15, 0.2) is 46.9 Å². The Bertz CT molecular complexity index is 929. The highest BCUT2D eigenvalue weighted by atomic mass is 79.9. The van der Waals surface area contributed by atoms with Crippen molar-refractivity contribution in [3.63, 3.8) is 0 Å². The molecule has 2 rings (SSSR count). The van der Waals surface area contributed by atoms with Crippen molar-refractivity contribution in [2.24, 2.45) is 0 Å². The number of nitrogens with zero attached hydrogens (tertiary/aromatic N) is 1. The molecule has 0 aliphatic carbocycles. The lowest BCUT2D eigenvalue weighted by Gasteiger charge is -2.30. The highest BCUT2D eigenvalue weighted by Gasteiger charge is 2.29. The van der Waals surface area contributed by atoms with Gasteiger partial charge in [0, 0.05) is 13.1 Å². The Balaban J connectivity index is 2.20. The molecule has 0 aliphatic heterocycles. The molecular weight excluding hydrogens is 480 g/mol. The maximum Gasteiger partial charge on any atom is 0.261 e. The molecule has 2 amide bonds. The molecule has 2 aromatic rings. The van der Waals surface area contributed by atoms with E-state index in [1.54, 1.807) is 4.90 Å². The molecule has 1 N–H and O–H groups in total. The van der Waals surface area contributed by atoms with Gasteiger partial charge in [-0.15, -0.1) is 0 Å². The number of nitrogens with one attached hydrogen (secondary N) is 1. The Morgan fingerprint density at radius 3 is 2.48 bits per heavy atom. The molecule has 2 aromatic carbocycles. The largest absolute Gasteiger partial charge is 0.483 e. The fourth-order valence-corrected chi connectivity index (χ4v) is 4.16. The van der Waals surface area contributed by atoms with E-state index >= 15 is 0 Å². The van der Waals surface area contributed by atoms with Gasteiger partial charge in [0.2, 0.25) is 5.91 Å². The number of ether oxygens (including phenoxy) is 1. The molecule has 180 valence electrons. The van der Waals surface area contributed by atoms with Gasteiger partial charge in [0.15, 0.2) is 6.61 Å². The van der Waals surface area contributed by atoms with E-state index < -0.39 is 6.04 Å². The zero-order chi connectivity index (χ0) is 24.4. The van der Waals surface area contributed by atoms with Gasteiger partial charge in [-0.2, -0.15) is 0 Å². The van der Waals surface area contributed by atoms with Crippen LogP contribution >= 0.6 is 15.9 Å². The molecule has 0 radical (unpaired) electrons. The van der Waals surface area contributed by atoms with Gasteiger partial charge < -0.3 is 15.0 Å². The van der Waals surface area contributed by atoms with E-state index in [0.29, 0.717) is 31.2 Å². The van der Waals surface area contributed by atoms with Crippen LogP contribution in [0.5, 0.6) is 5.75 Å². The fourth-order valence-electron chi connectivity index (χ4n) is 3.65. The van der Waals surface area contributed by atoms with Crippen LogP contribution in [-0.4, -0.2) is 35.9 Å². The number of unbranched alkanes of at least 4 members (excludes halogenated alkanes) is 1. The number of carbonyl (C=O) groups is 2. The summed E-state index contributed by atoms with van der Waals surface area (Å²) in [6, 6.07) is 13.4. The quantitative estimate of drug-likeness (QED) is 0.352. The molecule has 6 heteroatoms. The predicted molar refractivity (Wildman–Crippen MR) is 137 cm³/mol. The number of benzene rings is 2. The molecule has 5 nitrogen and oxygen atoms in total. The Labute approximate surface area is 207 Å². The first-order valence-corrected chi connectivity index (χ1v) is 12.6. The van der Waals surface area contributed by atoms with Crippen LogP contribution in [0.1, 0.15) is 69.6 Å². The predicted octanol–water partition coefficient (Wildman–Crippen LogP) is 5.98. The summed E-state index contributed by atoms with van der Waals surface area (Å²) in [6.07, 6.45) is 2.45. The third-order valence-electron chi connectivity index (χ3n) is 5.62. The maximum absolute atomic E-state index is 13.3. The Morgan fingerprint density at radius 2 is 1.88 bits per heavy atom. The van der Waals surface area contributed by atoms with Crippen molar-refractivity contribution in [2.45, 2.75) is 72.4 Å². The molecule has 1 atom stereocenters. The third kappa shape index (κ3) is 8.18. The number of hydrogen-bond donors (Lipinski definition) is 1. The van der Waals surface area contributed by atoms with Crippen molar-refractivity contribution < 1.29 is 14.3 Å². The minimum Gasteiger partial charge on any atom is -0.483 e. The SMILES string of the molecule is CCCCNC(=O)[C@H](CC)N(Cc1cccc(C)c1)C(=O)COc1ccc(C(C)C)cc1Br. The van der Waals surface area contributed by atoms with E-state index in [1.165, 1.54) is 5.56 Å². The van der Waals surface area contributed by atoms with Crippen LogP contribution in [-0.2, 0) is 16.1 Å². The van der Waals surface area contributed by atoms with E-state index in [2.05, 4.69) is 42.0 Å². The Morgan fingerprint density at radius 1 is 1.12 bits per heavy atom. The molecule has 0 heterocycles. The van der Waals surface area contributed by atoms with Gasteiger partial charge in [-0.25, -0.2) is 0 Å². The van der Waals surface area contributed by atoms with Crippen molar-refractivity contribution in [1.29, 1.82) is 0 Å². The number of hydrogen-bond acceptors (Lipinski definition) is 3. The first-order chi connectivity index (χ1) is 15.8. The van der Waals surface area contributed by atoms with E-state index in [-0.39, 0.29) is 18.4 Å². The molecule has 0 fully saturated rings. The number of halogens is 1. The van der Waals surface area contributed by atoms with Crippen molar-refractivity contribution in [2.75, 3.05) is 13.2 Å². The van der Waals surface area contributed by atoms with Gasteiger partial charge in [-0.05, 0) is 64.9 Å². The molecular formula is C27H37BrN2O3. The first-order valence-electron chi connectivity index (χ1n) is 11.8. The zero-order valence-corrected chi connectivity index (χ0v) is 22.1. The second kappa shape index (κ2) is 13.4. The normalized spacial score (nSPS) is 11.8. The summed E-state index contributed by atoms with van der Waals surface area (Å²) in [5, 5.41) is 2.99. The lowest BCUT2D eigenvalue weighted by Crippen LogP contribution is -2.50. The summed E-state index contributed by atoms with van der Waals surface area (Å²) >= 11 is 3.55. The molecule has 0 aromatic heterocycles. The minimum atomic E-state index is -0.551. The topological polar surface area (TPSA) is 58.6 Å². The van der Waals surface area contributed by atoms with Gasteiger partial charge in [-0.1, -0.05) is 70.0 Å². The van der Waals surface area contributed by atoms with Crippen molar-refractivity contribution in [3.8, 4) is 5.75 Å². The van der Waals surface area contributed by atoms with E-state index in [9.17, 15) is 9.59 Å². The number of rotatable bonds is 12. The third-order valence-corrected chi connectivity index (χ3v) is 6.24. The van der Waals surface area contributed by atoms with Crippen molar-refractivity contribution in [1.82, 2.24) is 10.2 Å². The van der Waals surface area contributed by atoms with Crippen LogP contribution in [0.2, 0.25) is 0 Å². The molecule has 0 bridgehead atoms. The molecule has 0 spiro atoms. The van der Waals surface area contributed by atoms with Crippen LogP contribution in [0, 0.1) is 6.92 Å². The molecule has 0 unspecified atom stereocenters. The number of aryl methyl sites for hydroxylation is 1. The maximum atomic E-state index is 13.3. The van der Waals surface area contributed by atoms with Gasteiger partial charge in [-0.3, -0.25) is 9.59 Å². The zero-order valence-electron chi connectivity index (χ0n) is 20.5. The second-order valence-corrected chi connectivity index (χ2v) is 9.57. The molecule has 0 saturated carbocycles. The fraction of sp³-hybridized carbons (Fsp3) is 0.481. The molecule has 0 aliphatic rings. The van der Waals surface area contributed by atoms with Crippen molar-refractivity contribution >= 4 is 27.7 Å². The summed E-state index contributed by atoms with van der Waals surface area (Å²) < 4.78 is 6.69. The molecule has 33 heavy (non-hydrogen) atoms. The number of amides is 2. The summed E-state index contributed by atoms with van der Waals surface area (Å²) in [4.78, 5) is 27.9.